The summed E-state index contributed by atoms with van der Waals surface area (Å²) in [6.45, 7) is 4.20. The number of nitrogens with zero attached hydrogens (tertiary/aromatic N) is 3. The average Bonchev–Trinajstić information content (AvgIpc) is 2.84. The van der Waals surface area contributed by atoms with Crippen molar-refractivity contribution in [2.75, 3.05) is 37.6 Å². The molecule has 0 bridgehead atoms. The molecule has 0 radical (unpaired) electrons. The summed E-state index contributed by atoms with van der Waals surface area (Å²) < 4.78 is 28.1. The van der Waals surface area contributed by atoms with Gasteiger partial charge in [-0.2, -0.15) is 4.31 Å². The summed E-state index contributed by atoms with van der Waals surface area (Å²) in [6.07, 6.45) is 2.05. The Morgan fingerprint density at radius 3 is 2.12 bits per heavy atom. The molecule has 0 saturated carbocycles. The molecule has 1 amide bonds. The Morgan fingerprint density at radius 2 is 1.52 bits per heavy atom. The van der Waals surface area contributed by atoms with Crippen LogP contribution in [0.2, 0.25) is 5.02 Å². The zero-order valence-electron chi connectivity index (χ0n) is 18.6. The number of amides is 1. The van der Waals surface area contributed by atoms with Gasteiger partial charge in [0.1, 0.15) is 6.04 Å². The minimum absolute atomic E-state index is 0.111. The van der Waals surface area contributed by atoms with Gasteiger partial charge in [-0.15, -0.1) is 0 Å². The van der Waals surface area contributed by atoms with Crippen LogP contribution >= 0.6 is 11.6 Å². The number of benzene rings is 2. The van der Waals surface area contributed by atoms with E-state index >= 15 is 0 Å². The van der Waals surface area contributed by atoms with Crippen LogP contribution in [0.25, 0.3) is 0 Å². The molecule has 33 heavy (non-hydrogen) atoms. The Hall–Kier alpha value is -2.42. The summed E-state index contributed by atoms with van der Waals surface area (Å²) in [6, 6.07) is 12.9. The van der Waals surface area contributed by atoms with Crippen LogP contribution in [0.5, 0.6) is 0 Å². The van der Waals surface area contributed by atoms with Gasteiger partial charge in [0.2, 0.25) is 15.9 Å². The van der Waals surface area contributed by atoms with E-state index in [1.807, 2.05) is 24.3 Å². The molecule has 9 heteroatoms. The maximum absolute atomic E-state index is 13.4. The monoisotopic (exact) mass is 489 g/mol. The van der Waals surface area contributed by atoms with E-state index in [1.165, 1.54) is 35.5 Å². The molecule has 0 aliphatic carbocycles. The highest BCUT2D eigenvalue weighted by Crippen LogP contribution is 2.28. The Bertz CT molecular complexity index is 1110. The quantitative estimate of drug-likeness (QED) is 0.601. The molecule has 0 spiro atoms. The lowest BCUT2D eigenvalue weighted by molar-refractivity contribution is -0.136. The molecular weight excluding hydrogens is 462 g/mol. The smallest absolute Gasteiger partial charge is 0.243 e. The second kappa shape index (κ2) is 9.83. The van der Waals surface area contributed by atoms with Gasteiger partial charge in [0, 0.05) is 49.0 Å². The lowest BCUT2D eigenvalue weighted by Crippen LogP contribution is -2.57. The number of hydrogen-bond acceptors (Lipinski definition) is 5. The Kier molecular flexibility index (Phi) is 7.07. The van der Waals surface area contributed by atoms with Gasteiger partial charge in [-0.25, -0.2) is 8.42 Å². The Morgan fingerprint density at radius 1 is 0.879 bits per heavy atom. The van der Waals surface area contributed by atoms with Gasteiger partial charge in [0.25, 0.3) is 0 Å². The molecule has 2 aromatic rings. The first-order valence-corrected chi connectivity index (χ1v) is 13.0. The first-order chi connectivity index (χ1) is 15.8. The van der Waals surface area contributed by atoms with Gasteiger partial charge in [-0.1, -0.05) is 30.2 Å². The number of ketones is 1. The highest BCUT2D eigenvalue weighted by atomic mass is 35.5. The number of carbonyl (C=O) groups excluding carboxylic acids is 2. The molecule has 176 valence electrons. The number of halogens is 1. The second-order valence-corrected chi connectivity index (χ2v) is 10.8. The van der Waals surface area contributed by atoms with Crippen LogP contribution in [0.3, 0.4) is 0 Å². The van der Waals surface area contributed by atoms with Crippen molar-refractivity contribution in [2.45, 2.75) is 37.1 Å². The molecule has 2 aliphatic heterocycles. The van der Waals surface area contributed by atoms with Crippen molar-refractivity contribution in [1.29, 1.82) is 0 Å². The maximum atomic E-state index is 13.4. The van der Waals surface area contributed by atoms with Gasteiger partial charge in [-0.05, 0) is 56.2 Å². The zero-order valence-corrected chi connectivity index (χ0v) is 20.2. The lowest BCUT2D eigenvalue weighted by Gasteiger charge is -2.40. The molecule has 4 rings (SSSR count). The van der Waals surface area contributed by atoms with Gasteiger partial charge >= 0.3 is 0 Å². The van der Waals surface area contributed by atoms with Crippen molar-refractivity contribution >= 4 is 39.0 Å². The predicted octanol–water partition coefficient (Wildman–Crippen LogP) is 3.43. The summed E-state index contributed by atoms with van der Waals surface area (Å²) in [5, 5.41) is 0.682. The number of piperidine rings is 1. The van der Waals surface area contributed by atoms with Crippen molar-refractivity contribution in [2.24, 2.45) is 0 Å². The van der Waals surface area contributed by atoms with E-state index in [0.29, 0.717) is 49.7 Å². The van der Waals surface area contributed by atoms with Gasteiger partial charge in [0.15, 0.2) is 5.78 Å². The molecule has 1 unspecified atom stereocenters. The fourth-order valence-corrected chi connectivity index (χ4v) is 6.26. The first-order valence-electron chi connectivity index (χ1n) is 11.2. The highest BCUT2D eigenvalue weighted by Gasteiger charge is 2.40. The van der Waals surface area contributed by atoms with E-state index in [0.717, 1.165) is 18.5 Å². The van der Waals surface area contributed by atoms with Crippen molar-refractivity contribution in [3.05, 3.63) is 59.1 Å². The molecule has 2 saturated heterocycles. The van der Waals surface area contributed by atoms with E-state index in [2.05, 4.69) is 4.90 Å². The third kappa shape index (κ3) is 5.08. The first kappa shape index (κ1) is 23.7. The number of hydrogen-bond donors (Lipinski definition) is 0. The third-order valence-corrected chi connectivity index (χ3v) is 8.56. The number of Topliss-reactive ketones (excluding diaryl/α,β-unsaturated/α-hetero) is 1. The van der Waals surface area contributed by atoms with E-state index in [9.17, 15) is 18.0 Å². The molecule has 1 atom stereocenters. The van der Waals surface area contributed by atoms with Crippen LogP contribution in [-0.2, 0) is 14.8 Å². The molecular formula is C24H28ClN3O4S. The fraction of sp³-hybridized carbons (Fsp3) is 0.417. The zero-order chi connectivity index (χ0) is 23.6. The van der Waals surface area contributed by atoms with Crippen LogP contribution in [0.4, 0.5) is 5.69 Å². The topological polar surface area (TPSA) is 78.0 Å². The SMILES string of the molecule is CC(=O)c1ccc(S(=O)(=O)N2CCCCC2C(=O)N2CCN(c3ccc(Cl)cc3)CC2)cc1. The van der Waals surface area contributed by atoms with E-state index < -0.39 is 16.1 Å². The fourth-order valence-electron chi connectivity index (χ4n) is 4.48. The number of anilines is 1. The molecule has 7 nitrogen and oxygen atoms in total. The molecule has 2 fully saturated rings. The molecule has 2 heterocycles. The van der Waals surface area contributed by atoms with E-state index in [1.54, 1.807) is 4.90 Å². The van der Waals surface area contributed by atoms with Crippen molar-refractivity contribution in [1.82, 2.24) is 9.21 Å². The number of piperazine rings is 1. The minimum atomic E-state index is -3.84. The summed E-state index contributed by atoms with van der Waals surface area (Å²) in [5.41, 5.74) is 1.51. The third-order valence-electron chi connectivity index (χ3n) is 6.39. The van der Waals surface area contributed by atoms with E-state index in [-0.39, 0.29) is 16.6 Å². The van der Waals surface area contributed by atoms with Gasteiger partial charge < -0.3 is 9.80 Å². The molecule has 2 aliphatic rings. The molecule has 2 aromatic carbocycles. The predicted molar refractivity (Wildman–Crippen MR) is 128 cm³/mol. The van der Waals surface area contributed by atoms with Crippen LogP contribution < -0.4 is 4.90 Å². The normalized spacial score (nSPS) is 20.0. The molecule has 0 N–H and O–H groups in total. The second-order valence-electron chi connectivity index (χ2n) is 8.50. The van der Waals surface area contributed by atoms with E-state index in [4.69, 9.17) is 11.6 Å². The van der Waals surface area contributed by atoms with Gasteiger partial charge in [0.05, 0.1) is 4.90 Å². The minimum Gasteiger partial charge on any atom is -0.368 e. The Balaban J connectivity index is 1.47. The number of carbonyl (C=O) groups is 2. The number of rotatable bonds is 5. The van der Waals surface area contributed by atoms with Crippen LogP contribution in [0.15, 0.2) is 53.4 Å². The maximum Gasteiger partial charge on any atom is 0.243 e. The standard InChI is InChI=1S/C24H28ClN3O4S/c1-18(29)19-5-11-22(12-6-19)33(31,32)28-13-3-2-4-23(28)24(30)27-16-14-26(15-17-27)21-9-7-20(25)8-10-21/h5-12,23H,2-4,13-17H2,1H3. The summed E-state index contributed by atoms with van der Waals surface area (Å²) >= 11 is 5.98. The van der Waals surface area contributed by atoms with Crippen LogP contribution in [0, 0.1) is 0 Å². The highest BCUT2D eigenvalue weighted by molar-refractivity contribution is 7.89. The lowest BCUT2D eigenvalue weighted by atomic mass is 10.0. The van der Waals surface area contributed by atoms with Crippen molar-refractivity contribution in [3.8, 4) is 0 Å². The van der Waals surface area contributed by atoms with Crippen LogP contribution in [-0.4, -0.2) is 68.1 Å². The van der Waals surface area contributed by atoms with Crippen molar-refractivity contribution in [3.63, 3.8) is 0 Å². The average molecular weight is 490 g/mol. The summed E-state index contributed by atoms with van der Waals surface area (Å²) in [7, 11) is -3.84. The summed E-state index contributed by atoms with van der Waals surface area (Å²) in [5.74, 6) is -0.253. The number of sulfonamides is 1. The Labute approximate surface area is 200 Å². The largest absolute Gasteiger partial charge is 0.368 e. The van der Waals surface area contributed by atoms with Gasteiger partial charge in [-0.3, -0.25) is 9.59 Å². The van der Waals surface area contributed by atoms with Crippen molar-refractivity contribution < 1.29 is 18.0 Å². The summed E-state index contributed by atoms with van der Waals surface area (Å²) in [4.78, 5) is 29.0. The molecule has 0 aromatic heterocycles. The van der Waals surface area contributed by atoms with Crippen LogP contribution in [0.1, 0.15) is 36.5 Å².